The van der Waals surface area contributed by atoms with Gasteiger partial charge in [0.15, 0.2) is 0 Å². The van der Waals surface area contributed by atoms with Gasteiger partial charge in [-0.15, -0.1) is 11.6 Å². The maximum Gasteiger partial charge on any atom is 0.249 e. The predicted octanol–water partition coefficient (Wildman–Crippen LogP) is 2.62. The molecule has 5 nitrogen and oxygen atoms in total. The Balaban J connectivity index is 2.22. The number of piperidine rings is 1. The van der Waals surface area contributed by atoms with Gasteiger partial charge in [0.1, 0.15) is 11.9 Å². The van der Waals surface area contributed by atoms with Crippen molar-refractivity contribution in [2.75, 3.05) is 0 Å². The number of fused-ring (bicyclic) bond motifs is 1. The van der Waals surface area contributed by atoms with E-state index in [0.29, 0.717) is 18.7 Å². The molecule has 1 N–H and O–H groups in total. The van der Waals surface area contributed by atoms with Crippen molar-refractivity contribution in [2.45, 2.75) is 38.1 Å². The molecule has 2 amide bonds. The molecule has 0 spiro atoms. The summed E-state index contributed by atoms with van der Waals surface area (Å²) in [5.41, 5.74) is 2.77. The molecule has 6 heteroatoms. The van der Waals surface area contributed by atoms with E-state index in [1.807, 2.05) is 36.6 Å². The summed E-state index contributed by atoms with van der Waals surface area (Å²) in [4.78, 5) is 28.1. The fourth-order valence-electron chi connectivity index (χ4n) is 2.86. The van der Waals surface area contributed by atoms with Crippen molar-refractivity contribution in [2.24, 2.45) is 0 Å². The summed E-state index contributed by atoms with van der Waals surface area (Å²) in [6, 6.07) is 5.38. The van der Waals surface area contributed by atoms with Crippen molar-refractivity contribution in [1.29, 1.82) is 0 Å². The number of imidazole rings is 1. The number of amides is 2. The second-order valence-electron chi connectivity index (χ2n) is 5.37. The molecular weight excluding hydrogens is 290 g/mol. The first-order chi connectivity index (χ1) is 9.99. The van der Waals surface area contributed by atoms with Gasteiger partial charge in [-0.25, -0.2) is 4.98 Å². The summed E-state index contributed by atoms with van der Waals surface area (Å²) in [6.07, 6.45) is 0.805. The first-order valence-corrected chi connectivity index (χ1v) is 7.38. The lowest BCUT2D eigenvalue weighted by Crippen LogP contribution is -2.42. The van der Waals surface area contributed by atoms with Crippen LogP contribution in [-0.2, 0) is 9.59 Å². The van der Waals surface area contributed by atoms with Gasteiger partial charge in [0.2, 0.25) is 11.8 Å². The Kier molecular flexibility index (Phi) is 3.45. The third-order valence-corrected chi connectivity index (χ3v) is 4.01. The van der Waals surface area contributed by atoms with Gasteiger partial charge in [0.05, 0.1) is 16.4 Å². The van der Waals surface area contributed by atoms with E-state index < -0.39 is 6.04 Å². The number of hydrogen-bond acceptors (Lipinski definition) is 3. The zero-order chi connectivity index (χ0) is 15.1. The number of halogens is 1. The summed E-state index contributed by atoms with van der Waals surface area (Å²) >= 11 is 6.25. The van der Waals surface area contributed by atoms with Gasteiger partial charge >= 0.3 is 0 Å². The van der Waals surface area contributed by atoms with E-state index >= 15 is 0 Å². The lowest BCUT2D eigenvalue weighted by atomic mass is 10.0. The minimum Gasteiger partial charge on any atom is -0.314 e. The number of aromatic nitrogens is 2. The van der Waals surface area contributed by atoms with E-state index in [0.717, 1.165) is 16.6 Å². The molecule has 2 unspecified atom stereocenters. The fourth-order valence-corrected chi connectivity index (χ4v) is 3.02. The third kappa shape index (κ3) is 2.31. The largest absolute Gasteiger partial charge is 0.314 e. The van der Waals surface area contributed by atoms with Crippen molar-refractivity contribution in [3.63, 3.8) is 0 Å². The van der Waals surface area contributed by atoms with Crippen LogP contribution in [0.5, 0.6) is 0 Å². The summed E-state index contributed by atoms with van der Waals surface area (Å²) < 4.78 is 1.89. The van der Waals surface area contributed by atoms with Gasteiger partial charge in [-0.05, 0) is 31.9 Å². The van der Waals surface area contributed by atoms with Gasteiger partial charge in [-0.1, -0.05) is 12.1 Å². The Morgan fingerprint density at radius 1 is 1.43 bits per heavy atom. The zero-order valence-corrected chi connectivity index (χ0v) is 12.6. The Bertz CT molecular complexity index is 736. The van der Waals surface area contributed by atoms with Crippen LogP contribution in [0.3, 0.4) is 0 Å². The minimum atomic E-state index is -0.440. The van der Waals surface area contributed by atoms with Crippen molar-refractivity contribution in [3.05, 3.63) is 29.6 Å². The molecule has 1 saturated heterocycles. The topological polar surface area (TPSA) is 64.0 Å². The lowest BCUT2D eigenvalue weighted by Gasteiger charge is -2.25. The van der Waals surface area contributed by atoms with Crippen LogP contribution in [-0.4, -0.2) is 21.4 Å². The standard InChI is InChI=1S/C15H16ClN3O2/c1-8-4-3-5-10-13(8)19(14(17-10)9(2)16)11-6-7-12(20)18-15(11)21/h3-5,9,11H,6-7H2,1-2H3,(H,18,20,21). The van der Waals surface area contributed by atoms with Crippen molar-refractivity contribution >= 4 is 34.4 Å². The molecule has 1 fully saturated rings. The number of carbonyl (C=O) groups is 2. The summed E-state index contributed by atoms with van der Waals surface area (Å²) in [5, 5.41) is 2.08. The Labute approximate surface area is 127 Å². The first kappa shape index (κ1) is 14.1. The van der Waals surface area contributed by atoms with Crippen LogP contribution in [0.25, 0.3) is 11.0 Å². The molecule has 110 valence electrons. The van der Waals surface area contributed by atoms with Gasteiger partial charge < -0.3 is 4.57 Å². The highest BCUT2D eigenvalue weighted by Gasteiger charge is 2.32. The monoisotopic (exact) mass is 305 g/mol. The Hall–Kier alpha value is -1.88. The minimum absolute atomic E-state index is 0.224. The molecule has 21 heavy (non-hydrogen) atoms. The number of hydrogen-bond donors (Lipinski definition) is 1. The Morgan fingerprint density at radius 3 is 2.86 bits per heavy atom. The van der Waals surface area contributed by atoms with E-state index in [2.05, 4.69) is 10.3 Å². The molecule has 0 saturated carbocycles. The molecule has 1 aliphatic rings. The lowest BCUT2D eigenvalue weighted by molar-refractivity contribution is -0.135. The highest BCUT2D eigenvalue weighted by molar-refractivity contribution is 6.20. The second kappa shape index (κ2) is 5.15. The molecule has 0 aliphatic carbocycles. The zero-order valence-electron chi connectivity index (χ0n) is 11.9. The number of nitrogens with one attached hydrogen (secondary N) is 1. The molecule has 3 rings (SSSR count). The number of imide groups is 1. The summed E-state index contributed by atoms with van der Waals surface area (Å²) in [6.45, 7) is 3.82. The predicted molar refractivity (Wildman–Crippen MR) is 80.2 cm³/mol. The second-order valence-corrected chi connectivity index (χ2v) is 6.02. The molecule has 2 atom stereocenters. The summed E-state index contributed by atoms with van der Waals surface area (Å²) in [5.74, 6) is 0.153. The highest BCUT2D eigenvalue weighted by atomic mass is 35.5. The number of nitrogens with zero attached hydrogens (tertiary/aromatic N) is 2. The number of rotatable bonds is 2. The molecular formula is C15H16ClN3O2. The van der Waals surface area contributed by atoms with Crippen molar-refractivity contribution < 1.29 is 9.59 Å². The van der Waals surface area contributed by atoms with Crippen LogP contribution >= 0.6 is 11.6 Å². The van der Waals surface area contributed by atoms with Crippen LogP contribution in [0.4, 0.5) is 0 Å². The maximum absolute atomic E-state index is 12.2. The van der Waals surface area contributed by atoms with E-state index in [-0.39, 0.29) is 17.2 Å². The fraction of sp³-hybridized carbons (Fsp3) is 0.400. The number of benzene rings is 1. The van der Waals surface area contributed by atoms with Crippen LogP contribution < -0.4 is 5.32 Å². The molecule has 1 aliphatic heterocycles. The van der Waals surface area contributed by atoms with E-state index in [1.54, 1.807) is 0 Å². The molecule has 2 heterocycles. The SMILES string of the molecule is Cc1cccc2nc(C(C)Cl)n(C3CCC(=O)NC3=O)c12. The number of aryl methyl sites for hydroxylation is 1. The van der Waals surface area contributed by atoms with Crippen LogP contribution in [0.1, 0.15) is 42.6 Å². The highest BCUT2D eigenvalue weighted by Crippen LogP contribution is 2.32. The Morgan fingerprint density at radius 2 is 2.19 bits per heavy atom. The smallest absolute Gasteiger partial charge is 0.249 e. The molecule has 2 aromatic rings. The normalized spacial score (nSPS) is 20.6. The summed E-state index contributed by atoms with van der Waals surface area (Å²) in [7, 11) is 0. The van der Waals surface area contributed by atoms with Crippen LogP contribution in [0.2, 0.25) is 0 Å². The maximum atomic E-state index is 12.2. The van der Waals surface area contributed by atoms with Gasteiger partial charge in [0.25, 0.3) is 0 Å². The molecule has 0 bridgehead atoms. The molecule has 1 aromatic carbocycles. The third-order valence-electron chi connectivity index (χ3n) is 3.82. The van der Waals surface area contributed by atoms with Gasteiger partial charge in [-0.2, -0.15) is 0 Å². The van der Waals surface area contributed by atoms with Crippen LogP contribution in [0.15, 0.2) is 18.2 Å². The number of para-hydroxylation sites is 1. The number of alkyl halides is 1. The average Bonchev–Trinajstić information content (AvgIpc) is 2.80. The van der Waals surface area contributed by atoms with Gasteiger partial charge in [-0.3, -0.25) is 14.9 Å². The average molecular weight is 306 g/mol. The molecule has 0 radical (unpaired) electrons. The number of carbonyl (C=O) groups excluding carboxylic acids is 2. The van der Waals surface area contributed by atoms with E-state index in [1.165, 1.54) is 0 Å². The van der Waals surface area contributed by atoms with Gasteiger partial charge in [0, 0.05) is 6.42 Å². The quantitative estimate of drug-likeness (QED) is 0.685. The van der Waals surface area contributed by atoms with Crippen molar-refractivity contribution in [3.8, 4) is 0 Å². The van der Waals surface area contributed by atoms with Crippen molar-refractivity contribution in [1.82, 2.24) is 14.9 Å². The van der Waals surface area contributed by atoms with E-state index in [4.69, 9.17) is 11.6 Å². The first-order valence-electron chi connectivity index (χ1n) is 6.94. The van der Waals surface area contributed by atoms with Crippen LogP contribution in [0, 0.1) is 6.92 Å². The molecule has 1 aromatic heterocycles. The van der Waals surface area contributed by atoms with E-state index in [9.17, 15) is 9.59 Å².